The summed E-state index contributed by atoms with van der Waals surface area (Å²) >= 11 is 0. The second kappa shape index (κ2) is 11.9. The fraction of sp³-hybridized carbons (Fsp3) is 0.421. The minimum Gasteiger partial charge on any atom is -0.469 e. The predicted molar refractivity (Wildman–Crippen MR) is 113 cm³/mol. The lowest BCUT2D eigenvalue weighted by Gasteiger charge is -2.19. The molecule has 2 N–H and O–H groups in total. The van der Waals surface area contributed by atoms with E-state index in [2.05, 4.69) is 15.6 Å². The fourth-order valence-electron chi connectivity index (χ4n) is 2.43. The maximum absolute atomic E-state index is 12.9. The van der Waals surface area contributed by atoms with E-state index in [1.165, 1.54) is 6.07 Å². The van der Waals surface area contributed by atoms with Crippen molar-refractivity contribution < 1.29 is 22.3 Å². The van der Waals surface area contributed by atoms with Gasteiger partial charge in [0.1, 0.15) is 5.76 Å². The van der Waals surface area contributed by atoms with E-state index in [0.29, 0.717) is 37.6 Å². The van der Waals surface area contributed by atoms with Gasteiger partial charge in [0.05, 0.1) is 31.0 Å². The van der Waals surface area contributed by atoms with Crippen LogP contribution in [0.3, 0.4) is 0 Å². The highest BCUT2D eigenvalue weighted by molar-refractivity contribution is 14.0. The van der Waals surface area contributed by atoms with Crippen molar-refractivity contribution in [2.45, 2.75) is 25.6 Å². The van der Waals surface area contributed by atoms with Crippen LogP contribution in [0, 0.1) is 0 Å². The molecule has 1 aromatic carbocycles. The summed E-state index contributed by atoms with van der Waals surface area (Å²) in [6.45, 7) is 3.24. The van der Waals surface area contributed by atoms with Crippen LogP contribution < -0.4 is 10.6 Å². The molecule has 0 saturated carbocycles. The van der Waals surface area contributed by atoms with Gasteiger partial charge in [0.15, 0.2) is 5.96 Å². The fourth-order valence-corrected chi connectivity index (χ4v) is 2.43. The molecule has 0 aliphatic heterocycles. The third-order valence-electron chi connectivity index (χ3n) is 3.88. The number of ether oxygens (including phenoxy) is 1. The zero-order valence-electron chi connectivity index (χ0n) is 15.8. The monoisotopic (exact) mass is 511 g/mol. The molecule has 1 aromatic heterocycles. The summed E-state index contributed by atoms with van der Waals surface area (Å²) in [5.74, 6) is 1.34. The molecule has 0 bridgehead atoms. The van der Waals surface area contributed by atoms with E-state index in [-0.39, 0.29) is 30.0 Å². The Kier molecular flexibility index (Phi) is 10.4. The summed E-state index contributed by atoms with van der Waals surface area (Å²) in [7, 11) is 1.58. The molecule has 0 aliphatic carbocycles. The molecule has 5 nitrogen and oxygen atoms in total. The third kappa shape index (κ3) is 8.09. The Balaban J connectivity index is 0.00000392. The van der Waals surface area contributed by atoms with E-state index in [9.17, 15) is 13.2 Å². The number of aliphatic imine (C=N–C) groups is 1. The second-order valence-corrected chi connectivity index (χ2v) is 5.97. The SMILES string of the molecule is COCCN=C(NCCc1ccco1)NC(C)c1cccc(C(F)(F)F)c1.I. The van der Waals surface area contributed by atoms with Crippen molar-refractivity contribution in [2.75, 3.05) is 26.8 Å². The highest BCUT2D eigenvalue weighted by Gasteiger charge is 2.30. The number of furan rings is 1. The summed E-state index contributed by atoms with van der Waals surface area (Å²) in [5, 5.41) is 6.30. The maximum atomic E-state index is 12.9. The van der Waals surface area contributed by atoms with Gasteiger partial charge in [-0.05, 0) is 36.8 Å². The quantitative estimate of drug-likeness (QED) is 0.239. The first-order valence-electron chi connectivity index (χ1n) is 8.63. The van der Waals surface area contributed by atoms with Crippen LogP contribution in [0.5, 0.6) is 0 Å². The second-order valence-electron chi connectivity index (χ2n) is 5.97. The van der Waals surface area contributed by atoms with E-state index >= 15 is 0 Å². The maximum Gasteiger partial charge on any atom is 0.416 e. The molecule has 2 rings (SSSR count). The van der Waals surface area contributed by atoms with Crippen LogP contribution in [0.2, 0.25) is 0 Å². The third-order valence-corrected chi connectivity index (χ3v) is 3.88. The number of nitrogens with one attached hydrogen (secondary N) is 2. The minimum atomic E-state index is -4.37. The number of hydrogen-bond donors (Lipinski definition) is 2. The van der Waals surface area contributed by atoms with Gasteiger partial charge in [-0.3, -0.25) is 4.99 Å². The van der Waals surface area contributed by atoms with Crippen LogP contribution in [0.15, 0.2) is 52.1 Å². The van der Waals surface area contributed by atoms with Crippen molar-refractivity contribution in [2.24, 2.45) is 4.99 Å². The number of hydrogen-bond acceptors (Lipinski definition) is 3. The van der Waals surface area contributed by atoms with Crippen LogP contribution in [0.25, 0.3) is 0 Å². The molecule has 0 spiro atoms. The van der Waals surface area contributed by atoms with Gasteiger partial charge in [0, 0.05) is 20.1 Å². The largest absolute Gasteiger partial charge is 0.469 e. The molecule has 0 aliphatic rings. The van der Waals surface area contributed by atoms with E-state index in [4.69, 9.17) is 9.15 Å². The molecule has 1 atom stereocenters. The van der Waals surface area contributed by atoms with Crippen LogP contribution in [0.1, 0.15) is 29.9 Å². The molecule has 2 aromatic rings. The minimum absolute atomic E-state index is 0. The lowest BCUT2D eigenvalue weighted by Crippen LogP contribution is -2.40. The molecular weight excluding hydrogens is 486 g/mol. The van der Waals surface area contributed by atoms with E-state index < -0.39 is 11.7 Å². The molecule has 9 heteroatoms. The number of benzene rings is 1. The van der Waals surface area contributed by atoms with E-state index in [0.717, 1.165) is 17.9 Å². The van der Waals surface area contributed by atoms with Crippen LogP contribution in [-0.2, 0) is 17.3 Å². The standard InChI is InChI=1S/C19H24F3N3O2.HI/c1-14(15-5-3-6-16(13-15)19(20,21)22)25-18(24-10-12-26-2)23-9-8-17-7-4-11-27-17;/h3-7,11,13-14H,8-10,12H2,1-2H3,(H2,23,24,25);1H. The highest BCUT2D eigenvalue weighted by Crippen LogP contribution is 2.30. The zero-order chi connectivity index (χ0) is 19.7. The predicted octanol–water partition coefficient (Wildman–Crippen LogP) is 4.40. The Bertz CT molecular complexity index is 721. The number of guanidine groups is 1. The number of methoxy groups -OCH3 is 1. The van der Waals surface area contributed by atoms with Crippen molar-refractivity contribution in [1.82, 2.24) is 10.6 Å². The average Bonchev–Trinajstić information content (AvgIpc) is 3.14. The number of nitrogens with zero attached hydrogens (tertiary/aromatic N) is 1. The zero-order valence-corrected chi connectivity index (χ0v) is 18.1. The lowest BCUT2D eigenvalue weighted by molar-refractivity contribution is -0.137. The van der Waals surface area contributed by atoms with Crippen LogP contribution >= 0.6 is 24.0 Å². The number of rotatable bonds is 8. The van der Waals surface area contributed by atoms with Gasteiger partial charge in [-0.1, -0.05) is 12.1 Å². The number of alkyl halides is 3. The summed E-state index contributed by atoms with van der Waals surface area (Å²) in [6.07, 6.45) is -2.10. The Morgan fingerprint density at radius 2 is 2.04 bits per heavy atom. The average molecular weight is 511 g/mol. The first-order valence-corrected chi connectivity index (χ1v) is 8.63. The lowest BCUT2D eigenvalue weighted by atomic mass is 10.1. The molecular formula is C19H25F3IN3O2. The molecule has 1 heterocycles. The summed E-state index contributed by atoms with van der Waals surface area (Å²) < 4.78 is 49.0. The summed E-state index contributed by atoms with van der Waals surface area (Å²) in [5.41, 5.74) is -0.144. The van der Waals surface area contributed by atoms with Crippen molar-refractivity contribution in [1.29, 1.82) is 0 Å². The van der Waals surface area contributed by atoms with E-state index in [1.807, 2.05) is 12.1 Å². The summed E-state index contributed by atoms with van der Waals surface area (Å²) in [6, 6.07) is 8.60. The summed E-state index contributed by atoms with van der Waals surface area (Å²) in [4.78, 5) is 4.39. The molecule has 0 fully saturated rings. The normalized spacial score (nSPS) is 13.0. The Hall–Kier alpha value is -1.75. The van der Waals surface area contributed by atoms with Gasteiger partial charge in [-0.2, -0.15) is 13.2 Å². The van der Waals surface area contributed by atoms with Gasteiger partial charge in [-0.25, -0.2) is 0 Å². The Morgan fingerprint density at radius 1 is 1.25 bits per heavy atom. The molecule has 0 saturated heterocycles. The molecule has 1 unspecified atom stereocenters. The smallest absolute Gasteiger partial charge is 0.416 e. The van der Waals surface area contributed by atoms with Crippen LogP contribution in [0.4, 0.5) is 13.2 Å². The van der Waals surface area contributed by atoms with Crippen LogP contribution in [-0.4, -0.2) is 32.8 Å². The topological polar surface area (TPSA) is 58.8 Å². The number of halogens is 4. The first-order chi connectivity index (χ1) is 12.9. The molecule has 156 valence electrons. The van der Waals surface area contributed by atoms with Gasteiger partial charge in [0.25, 0.3) is 0 Å². The van der Waals surface area contributed by atoms with Crippen molar-refractivity contribution >= 4 is 29.9 Å². The molecule has 0 radical (unpaired) electrons. The van der Waals surface area contributed by atoms with E-state index in [1.54, 1.807) is 26.4 Å². The van der Waals surface area contributed by atoms with Gasteiger partial charge in [-0.15, -0.1) is 24.0 Å². The van der Waals surface area contributed by atoms with Crippen molar-refractivity contribution in [3.63, 3.8) is 0 Å². The van der Waals surface area contributed by atoms with Gasteiger partial charge >= 0.3 is 6.18 Å². The van der Waals surface area contributed by atoms with Gasteiger partial charge < -0.3 is 19.8 Å². The Morgan fingerprint density at radius 3 is 2.68 bits per heavy atom. The van der Waals surface area contributed by atoms with Gasteiger partial charge in [0.2, 0.25) is 0 Å². The Labute approximate surface area is 179 Å². The molecule has 0 amide bonds. The first kappa shape index (κ1) is 24.3. The highest BCUT2D eigenvalue weighted by atomic mass is 127. The van der Waals surface area contributed by atoms with Crippen molar-refractivity contribution in [3.05, 3.63) is 59.5 Å². The van der Waals surface area contributed by atoms with Crippen molar-refractivity contribution in [3.8, 4) is 0 Å². The molecule has 28 heavy (non-hydrogen) atoms.